The van der Waals surface area contributed by atoms with Crippen molar-refractivity contribution in [3.8, 4) is 0 Å². The number of nitrogens with zero attached hydrogens (tertiary/aromatic N) is 2. The van der Waals surface area contributed by atoms with E-state index in [2.05, 4.69) is 22.6 Å². The number of hydrogen-bond acceptors (Lipinski definition) is 2. The predicted molar refractivity (Wildman–Crippen MR) is 51.8 cm³/mol. The van der Waals surface area contributed by atoms with E-state index in [1.165, 1.54) is 32.1 Å². The molecule has 0 amide bonds. The van der Waals surface area contributed by atoms with E-state index in [9.17, 15) is 0 Å². The standard InChI is InChI=1S/C10H16N2/c1-2-8-11-9-12-10-6-4-3-5-7-10/h2,10H,1,3-8H2. The largest absolute Gasteiger partial charge is 0.222 e. The smallest absolute Gasteiger partial charge is 0.0898 e. The van der Waals surface area contributed by atoms with Crippen LogP contribution in [0.2, 0.25) is 0 Å². The Labute approximate surface area is 74.1 Å². The zero-order valence-electron chi connectivity index (χ0n) is 7.50. The summed E-state index contributed by atoms with van der Waals surface area (Å²) < 4.78 is 0. The molecule has 0 aromatic heterocycles. The van der Waals surface area contributed by atoms with Crippen LogP contribution in [0.1, 0.15) is 32.1 Å². The van der Waals surface area contributed by atoms with Crippen molar-refractivity contribution in [1.29, 1.82) is 0 Å². The van der Waals surface area contributed by atoms with Crippen LogP contribution in [0, 0.1) is 0 Å². The molecular weight excluding hydrogens is 148 g/mol. The van der Waals surface area contributed by atoms with Gasteiger partial charge in [-0.2, -0.15) is 0 Å². The molecule has 0 unspecified atom stereocenters. The first-order chi connectivity index (χ1) is 5.93. The Kier molecular flexibility index (Phi) is 4.40. The average molecular weight is 164 g/mol. The monoisotopic (exact) mass is 164 g/mol. The number of rotatable bonds is 3. The second kappa shape index (κ2) is 5.73. The summed E-state index contributed by atoms with van der Waals surface area (Å²) >= 11 is 0. The van der Waals surface area contributed by atoms with E-state index in [1.807, 2.05) is 0 Å². The van der Waals surface area contributed by atoms with Crippen LogP contribution in [-0.4, -0.2) is 18.6 Å². The summed E-state index contributed by atoms with van der Waals surface area (Å²) in [5.74, 6) is 0. The molecular formula is C10H16N2. The maximum absolute atomic E-state index is 4.26. The predicted octanol–water partition coefficient (Wildman–Crippen LogP) is 2.68. The summed E-state index contributed by atoms with van der Waals surface area (Å²) in [4.78, 5) is 8.21. The first kappa shape index (κ1) is 9.21. The van der Waals surface area contributed by atoms with Gasteiger partial charge in [0.25, 0.3) is 0 Å². The van der Waals surface area contributed by atoms with Crippen molar-refractivity contribution in [2.45, 2.75) is 38.1 Å². The van der Waals surface area contributed by atoms with E-state index in [4.69, 9.17) is 0 Å². The van der Waals surface area contributed by atoms with Gasteiger partial charge in [0.1, 0.15) is 0 Å². The summed E-state index contributed by atoms with van der Waals surface area (Å²) in [5, 5.41) is 0. The van der Waals surface area contributed by atoms with Crippen LogP contribution in [-0.2, 0) is 0 Å². The normalized spacial score (nSPS) is 18.0. The Bertz CT molecular complexity index is 184. The Morgan fingerprint density at radius 2 is 2.08 bits per heavy atom. The van der Waals surface area contributed by atoms with Gasteiger partial charge in [-0.1, -0.05) is 25.3 Å². The van der Waals surface area contributed by atoms with E-state index in [0.717, 1.165) is 0 Å². The summed E-state index contributed by atoms with van der Waals surface area (Å²) in [7, 11) is 0. The summed E-state index contributed by atoms with van der Waals surface area (Å²) in [5.41, 5.74) is 0. The topological polar surface area (TPSA) is 24.7 Å². The Morgan fingerprint density at radius 1 is 1.33 bits per heavy atom. The highest BCUT2D eigenvalue weighted by Crippen LogP contribution is 2.19. The van der Waals surface area contributed by atoms with E-state index < -0.39 is 0 Å². The molecule has 1 saturated carbocycles. The summed E-state index contributed by atoms with van der Waals surface area (Å²) in [6, 6.07) is 3.23. The SMILES string of the molecule is C=CCN=C=NC1CCCCC1. The van der Waals surface area contributed by atoms with Crippen molar-refractivity contribution in [2.75, 3.05) is 6.54 Å². The van der Waals surface area contributed by atoms with Crippen LogP contribution in [0.15, 0.2) is 22.6 Å². The Morgan fingerprint density at radius 3 is 2.75 bits per heavy atom. The van der Waals surface area contributed by atoms with Crippen LogP contribution in [0.3, 0.4) is 0 Å². The first-order valence-corrected chi connectivity index (χ1v) is 4.65. The van der Waals surface area contributed by atoms with Gasteiger partial charge in [0.2, 0.25) is 0 Å². The minimum atomic E-state index is 0.493. The third-order valence-electron chi connectivity index (χ3n) is 2.11. The van der Waals surface area contributed by atoms with Gasteiger partial charge in [-0.25, -0.2) is 9.98 Å². The fourth-order valence-corrected chi connectivity index (χ4v) is 1.44. The van der Waals surface area contributed by atoms with Crippen LogP contribution >= 0.6 is 0 Å². The lowest BCUT2D eigenvalue weighted by Crippen LogP contribution is -2.08. The summed E-state index contributed by atoms with van der Waals surface area (Å²) in [6.45, 7) is 4.20. The maximum Gasteiger partial charge on any atom is 0.0898 e. The van der Waals surface area contributed by atoms with Gasteiger partial charge >= 0.3 is 0 Å². The summed E-state index contributed by atoms with van der Waals surface area (Å²) in [6.07, 6.45) is 8.20. The molecule has 2 nitrogen and oxygen atoms in total. The van der Waals surface area contributed by atoms with Crippen LogP contribution in [0.25, 0.3) is 0 Å². The fourth-order valence-electron chi connectivity index (χ4n) is 1.44. The molecule has 12 heavy (non-hydrogen) atoms. The minimum absolute atomic E-state index is 0.493. The third kappa shape index (κ3) is 3.49. The van der Waals surface area contributed by atoms with Gasteiger partial charge in [0.05, 0.1) is 18.6 Å². The highest BCUT2D eigenvalue weighted by atomic mass is 14.8. The van der Waals surface area contributed by atoms with Crippen molar-refractivity contribution in [1.82, 2.24) is 0 Å². The van der Waals surface area contributed by atoms with Crippen LogP contribution in [0.4, 0.5) is 0 Å². The third-order valence-corrected chi connectivity index (χ3v) is 2.11. The molecule has 2 heteroatoms. The molecule has 1 fully saturated rings. The molecule has 1 rings (SSSR count). The lowest BCUT2D eigenvalue weighted by molar-refractivity contribution is 0.444. The van der Waals surface area contributed by atoms with Crippen molar-refractivity contribution in [2.24, 2.45) is 9.98 Å². The van der Waals surface area contributed by atoms with Crippen molar-refractivity contribution in [3.63, 3.8) is 0 Å². The van der Waals surface area contributed by atoms with Gasteiger partial charge in [-0.3, -0.25) is 0 Å². The van der Waals surface area contributed by atoms with Gasteiger partial charge in [0.15, 0.2) is 0 Å². The lowest BCUT2D eigenvalue weighted by atomic mass is 9.96. The molecule has 0 radical (unpaired) electrons. The molecule has 0 aliphatic heterocycles. The molecule has 66 valence electrons. The van der Waals surface area contributed by atoms with Crippen LogP contribution < -0.4 is 0 Å². The quantitative estimate of drug-likeness (QED) is 0.452. The highest BCUT2D eigenvalue weighted by molar-refractivity contribution is 5.41. The van der Waals surface area contributed by atoms with Gasteiger partial charge < -0.3 is 0 Å². The van der Waals surface area contributed by atoms with E-state index in [1.54, 1.807) is 6.08 Å². The highest BCUT2D eigenvalue weighted by Gasteiger charge is 2.10. The first-order valence-electron chi connectivity index (χ1n) is 4.65. The second-order valence-electron chi connectivity index (χ2n) is 3.15. The zero-order chi connectivity index (χ0) is 8.65. The zero-order valence-corrected chi connectivity index (χ0v) is 7.50. The average Bonchev–Trinajstić information content (AvgIpc) is 2.14. The minimum Gasteiger partial charge on any atom is -0.222 e. The molecule has 0 bridgehead atoms. The van der Waals surface area contributed by atoms with Crippen molar-refractivity contribution >= 4 is 6.01 Å². The van der Waals surface area contributed by atoms with Crippen molar-refractivity contribution in [3.05, 3.63) is 12.7 Å². The van der Waals surface area contributed by atoms with E-state index in [-0.39, 0.29) is 0 Å². The van der Waals surface area contributed by atoms with Crippen molar-refractivity contribution < 1.29 is 0 Å². The maximum atomic E-state index is 4.26. The Balaban J connectivity index is 2.27. The Hall–Kier alpha value is -0.880. The van der Waals surface area contributed by atoms with E-state index >= 15 is 0 Å². The molecule has 0 aromatic carbocycles. The van der Waals surface area contributed by atoms with Gasteiger partial charge in [-0.05, 0) is 12.8 Å². The molecule has 1 aliphatic carbocycles. The molecule has 0 saturated heterocycles. The molecule has 1 aliphatic rings. The van der Waals surface area contributed by atoms with Gasteiger partial charge in [0, 0.05) is 0 Å². The molecule has 0 atom stereocenters. The molecule has 0 aromatic rings. The number of hydrogen-bond donors (Lipinski definition) is 0. The second-order valence-corrected chi connectivity index (χ2v) is 3.15. The van der Waals surface area contributed by atoms with Gasteiger partial charge in [-0.15, -0.1) is 6.58 Å². The number of aliphatic imine (C=N–C) groups is 2. The molecule has 0 heterocycles. The van der Waals surface area contributed by atoms with E-state index in [0.29, 0.717) is 12.6 Å². The molecule has 0 N–H and O–H groups in total. The van der Waals surface area contributed by atoms with Crippen LogP contribution in [0.5, 0.6) is 0 Å². The lowest BCUT2D eigenvalue weighted by Gasteiger charge is -2.15. The fraction of sp³-hybridized carbons (Fsp3) is 0.700. The molecule has 0 spiro atoms.